The average Bonchev–Trinajstić information content (AvgIpc) is 3.11. The summed E-state index contributed by atoms with van der Waals surface area (Å²) in [6.45, 7) is 1.81. The summed E-state index contributed by atoms with van der Waals surface area (Å²) in [6.07, 6.45) is 2.15. The molecular formula is C13H14BrN3O. The lowest BCUT2D eigenvalue weighted by atomic mass is 10.2. The molecule has 1 amide bonds. The van der Waals surface area contributed by atoms with Gasteiger partial charge in [-0.3, -0.25) is 4.79 Å². The third-order valence-electron chi connectivity index (χ3n) is 2.73. The second-order valence-electron chi connectivity index (χ2n) is 4.49. The molecule has 0 saturated heterocycles. The highest BCUT2D eigenvalue weighted by atomic mass is 79.9. The van der Waals surface area contributed by atoms with Crippen molar-refractivity contribution in [2.24, 2.45) is 0 Å². The number of amides is 1. The lowest BCUT2D eigenvalue weighted by Crippen LogP contribution is -2.38. The van der Waals surface area contributed by atoms with Crippen LogP contribution in [0.3, 0.4) is 0 Å². The van der Waals surface area contributed by atoms with Crippen molar-refractivity contribution in [1.29, 1.82) is 5.26 Å². The number of benzene rings is 1. The van der Waals surface area contributed by atoms with Gasteiger partial charge in [0.2, 0.25) is 5.91 Å². The third-order valence-corrected chi connectivity index (χ3v) is 3.18. The van der Waals surface area contributed by atoms with Crippen molar-refractivity contribution in [3.05, 3.63) is 28.2 Å². The molecule has 1 fully saturated rings. The molecule has 0 aromatic heterocycles. The molecule has 0 aliphatic heterocycles. The molecule has 1 atom stereocenters. The molecule has 2 N–H and O–H groups in total. The maximum Gasteiger partial charge on any atom is 0.242 e. The fourth-order valence-electron chi connectivity index (χ4n) is 1.61. The predicted octanol–water partition coefficient (Wildman–Crippen LogP) is 2.40. The Bertz CT molecular complexity index is 505. The number of nitriles is 1. The van der Waals surface area contributed by atoms with E-state index >= 15 is 0 Å². The summed E-state index contributed by atoms with van der Waals surface area (Å²) < 4.78 is 0.818. The summed E-state index contributed by atoms with van der Waals surface area (Å²) in [7, 11) is 0. The van der Waals surface area contributed by atoms with Crippen molar-refractivity contribution in [3.8, 4) is 6.07 Å². The van der Waals surface area contributed by atoms with Crippen LogP contribution in [-0.2, 0) is 4.79 Å². The van der Waals surface area contributed by atoms with E-state index in [1.807, 2.05) is 13.0 Å². The minimum absolute atomic E-state index is 0.00372. The summed E-state index contributed by atoms with van der Waals surface area (Å²) in [6, 6.07) is 7.44. The molecular weight excluding hydrogens is 294 g/mol. The molecule has 0 heterocycles. The molecule has 18 heavy (non-hydrogen) atoms. The molecule has 94 valence electrons. The van der Waals surface area contributed by atoms with E-state index in [9.17, 15) is 4.79 Å². The Hall–Kier alpha value is -1.54. The molecule has 0 spiro atoms. The van der Waals surface area contributed by atoms with Crippen LogP contribution in [0, 0.1) is 11.3 Å². The van der Waals surface area contributed by atoms with Gasteiger partial charge in [-0.15, -0.1) is 0 Å². The maximum absolute atomic E-state index is 11.8. The second-order valence-corrected chi connectivity index (χ2v) is 5.40. The van der Waals surface area contributed by atoms with Crippen LogP contribution in [0.2, 0.25) is 0 Å². The first-order chi connectivity index (χ1) is 8.58. The fraction of sp³-hybridized carbons (Fsp3) is 0.385. The van der Waals surface area contributed by atoms with Crippen LogP contribution in [-0.4, -0.2) is 18.0 Å². The van der Waals surface area contributed by atoms with Crippen LogP contribution in [0.25, 0.3) is 0 Å². The van der Waals surface area contributed by atoms with E-state index in [2.05, 4.69) is 32.6 Å². The normalized spacial score (nSPS) is 15.6. The standard InChI is InChI=1S/C13H14BrN3O/c1-8(13(18)17-11-2-3-11)16-12-5-9(7-15)4-10(14)6-12/h4-6,8,11,16H,2-3H2,1H3,(H,17,18). The Kier molecular flexibility index (Phi) is 3.87. The van der Waals surface area contributed by atoms with Crippen LogP contribution in [0.4, 0.5) is 5.69 Å². The van der Waals surface area contributed by atoms with Gasteiger partial charge in [0.25, 0.3) is 0 Å². The van der Waals surface area contributed by atoms with Crippen molar-refractivity contribution in [3.63, 3.8) is 0 Å². The monoisotopic (exact) mass is 307 g/mol. The van der Waals surface area contributed by atoms with E-state index in [4.69, 9.17) is 5.26 Å². The van der Waals surface area contributed by atoms with Crippen molar-refractivity contribution >= 4 is 27.5 Å². The summed E-state index contributed by atoms with van der Waals surface area (Å²) >= 11 is 3.34. The molecule has 1 aromatic carbocycles. The first kappa shape index (κ1) is 12.9. The first-order valence-electron chi connectivity index (χ1n) is 5.86. The molecule has 5 heteroatoms. The largest absolute Gasteiger partial charge is 0.374 e. The van der Waals surface area contributed by atoms with Gasteiger partial charge in [0.1, 0.15) is 6.04 Å². The van der Waals surface area contributed by atoms with Crippen LogP contribution in [0.15, 0.2) is 22.7 Å². The van der Waals surface area contributed by atoms with Gasteiger partial charge in [-0.05, 0) is 38.0 Å². The van der Waals surface area contributed by atoms with Gasteiger partial charge < -0.3 is 10.6 Å². The lowest BCUT2D eigenvalue weighted by molar-refractivity contribution is -0.121. The summed E-state index contributed by atoms with van der Waals surface area (Å²) in [5.41, 5.74) is 1.32. The van der Waals surface area contributed by atoms with Crippen LogP contribution in [0.5, 0.6) is 0 Å². The van der Waals surface area contributed by atoms with Crippen molar-refractivity contribution < 1.29 is 4.79 Å². The van der Waals surface area contributed by atoms with Crippen molar-refractivity contribution in [2.75, 3.05) is 5.32 Å². The average molecular weight is 308 g/mol. The number of nitrogens with one attached hydrogen (secondary N) is 2. The van der Waals surface area contributed by atoms with Gasteiger partial charge in [0, 0.05) is 16.2 Å². The molecule has 1 aliphatic carbocycles. The smallest absolute Gasteiger partial charge is 0.242 e. The van der Waals surface area contributed by atoms with Gasteiger partial charge in [0.05, 0.1) is 11.6 Å². The van der Waals surface area contributed by atoms with E-state index in [-0.39, 0.29) is 11.9 Å². The van der Waals surface area contributed by atoms with Crippen LogP contribution >= 0.6 is 15.9 Å². The summed E-state index contributed by atoms with van der Waals surface area (Å²) in [5, 5.41) is 14.9. The van der Waals surface area contributed by atoms with Gasteiger partial charge in [-0.2, -0.15) is 5.26 Å². The molecule has 1 aromatic rings. The number of rotatable bonds is 4. The Morgan fingerprint density at radius 2 is 2.22 bits per heavy atom. The van der Waals surface area contributed by atoms with Crippen LogP contribution in [0.1, 0.15) is 25.3 Å². The summed E-state index contributed by atoms with van der Waals surface area (Å²) in [4.78, 5) is 11.8. The Labute approximate surface area is 115 Å². The molecule has 1 aliphatic rings. The van der Waals surface area contributed by atoms with Gasteiger partial charge in [-0.25, -0.2) is 0 Å². The number of anilines is 1. The molecule has 4 nitrogen and oxygen atoms in total. The fourth-order valence-corrected chi connectivity index (χ4v) is 2.10. The van der Waals surface area contributed by atoms with Crippen molar-refractivity contribution in [1.82, 2.24) is 5.32 Å². The molecule has 0 bridgehead atoms. The van der Waals surface area contributed by atoms with E-state index in [1.165, 1.54) is 0 Å². The molecule has 0 radical (unpaired) electrons. The second kappa shape index (κ2) is 5.40. The summed E-state index contributed by atoms with van der Waals surface area (Å²) in [5.74, 6) is -0.00372. The quantitative estimate of drug-likeness (QED) is 0.897. The van der Waals surface area contributed by atoms with Gasteiger partial charge >= 0.3 is 0 Å². The Balaban J connectivity index is 2.01. The number of carbonyl (C=O) groups excluding carboxylic acids is 1. The number of nitrogens with zero attached hydrogens (tertiary/aromatic N) is 1. The minimum Gasteiger partial charge on any atom is -0.374 e. The van der Waals surface area contributed by atoms with E-state index in [1.54, 1.807) is 12.1 Å². The number of halogens is 1. The highest BCUT2D eigenvalue weighted by Crippen LogP contribution is 2.21. The number of hydrogen-bond donors (Lipinski definition) is 2. The minimum atomic E-state index is -0.313. The number of carbonyl (C=O) groups is 1. The third kappa shape index (κ3) is 3.47. The molecule has 1 saturated carbocycles. The highest BCUT2D eigenvalue weighted by molar-refractivity contribution is 9.10. The van der Waals surface area contributed by atoms with E-state index < -0.39 is 0 Å². The first-order valence-corrected chi connectivity index (χ1v) is 6.65. The highest BCUT2D eigenvalue weighted by Gasteiger charge is 2.25. The zero-order chi connectivity index (χ0) is 13.1. The Morgan fingerprint density at radius 1 is 1.50 bits per heavy atom. The SMILES string of the molecule is CC(Nc1cc(Br)cc(C#N)c1)C(=O)NC1CC1. The Morgan fingerprint density at radius 3 is 2.83 bits per heavy atom. The predicted molar refractivity (Wildman–Crippen MR) is 73.1 cm³/mol. The van der Waals surface area contributed by atoms with Crippen LogP contribution < -0.4 is 10.6 Å². The zero-order valence-electron chi connectivity index (χ0n) is 10.0. The van der Waals surface area contributed by atoms with Crippen molar-refractivity contribution in [2.45, 2.75) is 31.8 Å². The molecule has 1 unspecified atom stereocenters. The molecule has 2 rings (SSSR count). The lowest BCUT2D eigenvalue weighted by Gasteiger charge is -2.15. The number of hydrogen-bond acceptors (Lipinski definition) is 3. The van der Waals surface area contributed by atoms with Gasteiger partial charge in [0.15, 0.2) is 0 Å². The maximum atomic E-state index is 11.8. The topological polar surface area (TPSA) is 64.9 Å². The van der Waals surface area contributed by atoms with Gasteiger partial charge in [-0.1, -0.05) is 15.9 Å². The van der Waals surface area contributed by atoms with E-state index in [0.29, 0.717) is 11.6 Å². The zero-order valence-corrected chi connectivity index (χ0v) is 11.6. The van der Waals surface area contributed by atoms with E-state index in [0.717, 1.165) is 23.0 Å².